The summed E-state index contributed by atoms with van der Waals surface area (Å²) in [4.78, 5) is 11.9. The van der Waals surface area contributed by atoms with Crippen LogP contribution in [0.3, 0.4) is 0 Å². The third-order valence-electron chi connectivity index (χ3n) is 2.58. The number of carbonyl (C=O) groups excluding carboxylic acids is 1. The molecule has 1 amide bonds. The van der Waals surface area contributed by atoms with Gasteiger partial charge in [0, 0.05) is 12.7 Å². The van der Waals surface area contributed by atoms with Crippen molar-refractivity contribution in [2.75, 3.05) is 6.61 Å². The summed E-state index contributed by atoms with van der Waals surface area (Å²) in [6.45, 7) is 4.83. The SMILES string of the molecule is CCCn1cccc1C(=O)NC(CC)CO. The number of aromatic nitrogens is 1. The van der Waals surface area contributed by atoms with Crippen LogP contribution in [0.5, 0.6) is 0 Å². The number of nitrogens with zero attached hydrogens (tertiary/aromatic N) is 1. The zero-order valence-corrected chi connectivity index (χ0v) is 9.94. The van der Waals surface area contributed by atoms with Gasteiger partial charge >= 0.3 is 0 Å². The predicted molar refractivity (Wildman–Crippen MR) is 63.4 cm³/mol. The first kappa shape index (κ1) is 12.8. The molecule has 0 spiro atoms. The van der Waals surface area contributed by atoms with Crippen molar-refractivity contribution >= 4 is 5.91 Å². The van der Waals surface area contributed by atoms with E-state index >= 15 is 0 Å². The molecule has 0 aliphatic heterocycles. The maximum Gasteiger partial charge on any atom is 0.268 e. The van der Waals surface area contributed by atoms with Crippen LogP contribution in [0.2, 0.25) is 0 Å². The molecule has 0 bridgehead atoms. The van der Waals surface area contributed by atoms with E-state index in [4.69, 9.17) is 5.11 Å². The van der Waals surface area contributed by atoms with Crippen molar-refractivity contribution in [3.8, 4) is 0 Å². The highest BCUT2D eigenvalue weighted by atomic mass is 16.3. The molecule has 2 N–H and O–H groups in total. The van der Waals surface area contributed by atoms with Gasteiger partial charge in [0.2, 0.25) is 0 Å². The molecular weight excluding hydrogens is 204 g/mol. The average molecular weight is 224 g/mol. The lowest BCUT2D eigenvalue weighted by molar-refractivity contribution is 0.0905. The van der Waals surface area contributed by atoms with Gasteiger partial charge in [0.05, 0.1) is 12.6 Å². The Bertz CT molecular complexity index is 330. The van der Waals surface area contributed by atoms with Crippen LogP contribution in [-0.2, 0) is 6.54 Å². The Hall–Kier alpha value is -1.29. The molecule has 4 nitrogen and oxygen atoms in total. The van der Waals surface area contributed by atoms with Gasteiger partial charge in [-0.3, -0.25) is 4.79 Å². The maximum absolute atomic E-state index is 11.9. The molecule has 1 atom stereocenters. The van der Waals surface area contributed by atoms with Gasteiger partial charge in [-0.15, -0.1) is 0 Å². The quantitative estimate of drug-likeness (QED) is 0.767. The summed E-state index contributed by atoms with van der Waals surface area (Å²) >= 11 is 0. The van der Waals surface area contributed by atoms with Gasteiger partial charge < -0.3 is 15.0 Å². The van der Waals surface area contributed by atoms with Crippen molar-refractivity contribution in [3.63, 3.8) is 0 Å². The fourth-order valence-electron chi connectivity index (χ4n) is 1.59. The fourth-order valence-corrected chi connectivity index (χ4v) is 1.59. The van der Waals surface area contributed by atoms with Gasteiger partial charge in [0.25, 0.3) is 5.91 Å². The van der Waals surface area contributed by atoms with Gasteiger partial charge in [-0.25, -0.2) is 0 Å². The number of amides is 1. The van der Waals surface area contributed by atoms with Crippen LogP contribution in [0.15, 0.2) is 18.3 Å². The first-order valence-corrected chi connectivity index (χ1v) is 5.79. The minimum Gasteiger partial charge on any atom is -0.394 e. The topological polar surface area (TPSA) is 54.3 Å². The lowest BCUT2D eigenvalue weighted by Crippen LogP contribution is -2.37. The normalized spacial score (nSPS) is 12.4. The van der Waals surface area contributed by atoms with Crippen molar-refractivity contribution in [2.24, 2.45) is 0 Å². The van der Waals surface area contributed by atoms with E-state index in [2.05, 4.69) is 12.2 Å². The molecule has 0 fully saturated rings. The van der Waals surface area contributed by atoms with E-state index in [0.717, 1.165) is 19.4 Å². The van der Waals surface area contributed by atoms with Crippen molar-refractivity contribution in [2.45, 2.75) is 39.3 Å². The van der Waals surface area contributed by atoms with Crippen LogP contribution in [0, 0.1) is 0 Å². The molecule has 1 unspecified atom stereocenters. The van der Waals surface area contributed by atoms with E-state index in [1.54, 1.807) is 6.07 Å². The third-order valence-corrected chi connectivity index (χ3v) is 2.58. The highest BCUT2D eigenvalue weighted by Gasteiger charge is 2.13. The molecule has 16 heavy (non-hydrogen) atoms. The molecule has 1 heterocycles. The molecule has 90 valence electrons. The summed E-state index contributed by atoms with van der Waals surface area (Å²) in [6.07, 6.45) is 3.63. The molecule has 1 rings (SSSR count). The van der Waals surface area contributed by atoms with E-state index in [1.165, 1.54) is 0 Å². The minimum absolute atomic E-state index is 0.0171. The maximum atomic E-state index is 11.9. The summed E-state index contributed by atoms with van der Waals surface area (Å²) in [7, 11) is 0. The van der Waals surface area contributed by atoms with Gasteiger partial charge in [-0.1, -0.05) is 13.8 Å². The Morgan fingerprint density at radius 1 is 1.56 bits per heavy atom. The number of hydrogen-bond acceptors (Lipinski definition) is 2. The molecule has 0 radical (unpaired) electrons. The Labute approximate surface area is 96.3 Å². The molecular formula is C12H20N2O2. The summed E-state index contributed by atoms with van der Waals surface area (Å²) in [5.41, 5.74) is 0.661. The van der Waals surface area contributed by atoms with Crippen molar-refractivity contribution in [1.29, 1.82) is 0 Å². The van der Waals surface area contributed by atoms with Crippen LogP contribution in [-0.4, -0.2) is 28.2 Å². The fraction of sp³-hybridized carbons (Fsp3) is 0.583. The van der Waals surface area contributed by atoms with E-state index in [9.17, 15) is 4.79 Å². The standard InChI is InChI=1S/C12H20N2O2/c1-3-7-14-8-5-6-11(14)12(16)13-10(4-2)9-15/h5-6,8,10,15H,3-4,7,9H2,1-2H3,(H,13,16). The Kier molecular flexibility index (Phi) is 5.05. The lowest BCUT2D eigenvalue weighted by Gasteiger charge is -2.15. The molecule has 0 aliphatic carbocycles. The summed E-state index contributed by atoms with van der Waals surface area (Å²) < 4.78 is 1.93. The first-order valence-electron chi connectivity index (χ1n) is 5.79. The smallest absolute Gasteiger partial charge is 0.268 e. The largest absolute Gasteiger partial charge is 0.394 e. The molecule has 0 saturated carbocycles. The highest BCUT2D eigenvalue weighted by Crippen LogP contribution is 2.04. The van der Waals surface area contributed by atoms with Crippen molar-refractivity contribution < 1.29 is 9.90 Å². The van der Waals surface area contributed by atoms with E-state index in [-0.39, 0.29) is 18.6 Å². The monoisotopic (exact) mass is 224 g/mol. The minimum atomic E-state index is -0.155. The molecule has 0 saturated heterocycles. The molecule has 1 aromatic rings. The molecule has 4 heteroatoms. The van der Waals surface area contributed by atoms with Gasteiger partial charge in [0.15, 0.2) is 0 Å². The second-order valence-corrected chi connectivity index (χ2v) is 3.85. The van der Waals surface area contributed by atoms with Crippen molar-refractivity contribution in [1.82, 2.24) is 9.88 Å². The van der Waals surface area contributed by atoms with E-state index < -0.39 is 0 Å². The third kappa shape index (κ3) is 3.10. The zero-order valence-electron chi connectivity index (χ0n) is 9.94. The van der Waals surface area contributed by atoms with Crippen LogP contribution in [0.25, 0.3) is 0 Å². The number of aliphatic hydroxyl groups is 1. The second kappa shape index (κ2) is 6.33. The van der Waals surface area contributed by atoms with Gasteiger partial charge in [0.1, 0.15) is 5.69 Å². The van der Waals surface area contributed by atoms with E-state index in [1.807, 2.05) is 23.8 Å². The summed E-state index contributed by atoms with van der Waals surface area (Å²) in [5, 5.41) is 11.8. The number of rotatable bonds is 6. The number of nitrogens with one attached hydrogen (secondary N) is 1. The predicted octanol–water partition coefficient (Wildman–Crippen LogP) is 1.40. The molecule has 0 aromatic carbocycles. The Morgan fingerprint density at radius 3 is 2.88 bits per heavy atom. The molecule has 0 aliphatic rings. The average Bonchev–Trinajstić information content (AvgIpc) is 2.74. The van der Waals surface area contributed by atoms with Crippen molar-refractivity contribution in [3.05, 3.63) is 24.0 Å². The van der Waals surface area contributed by atoms with E-state index in [0.29, 0.717) is 5.69 Å². The van der Waals surface area contributed by atoms with Crippen LogP contribution < -0.4 is 5.32 Å². The van der Waals surface area contributed by atoms with Crippen LogP contribution in [0.4, 0.5) is 0 Å². The molecule has 1 aromatic heterocycles. The Balaban J connectivity index is 2.68. The highest BCUT2D eigenvalue weighted by molar-refractivity contribution is 5.92. The number of carbonyl (C=O) groups is 1. The van der Waals surface area contributed by atoms with Gasteiger partial charge in [-0.2, -0.15) is 0 Å². The zero-order chi connectivity index (χ0) is 12.0. The lowest BCUT2D eigenvalue weighted by atomic mass is 10.2. The number of aliphatic hydroxyl groups excluding tert-OH is 1. The Morgan fingerprint density at radius 2 is 2.31 bits per heavy atom. The number of hydrogen-bond donors (Lipinski definition) is 2. The second-order valence-electron chi connectivity index (χ2n) is 3.85. The number of aryl methyl sites for hydroxylation is 1. The van der Waals surface area contributed by atoms with Crippen LogP contribution in [0.1, 0.15) is 37.2 Å². The summed E-state index contributed by atoms with van der Waals surface area (Å²) in [5.74, 6) is -0.112. The van der Waals surface area contributed by atoms with Gasteiger partial charge in [-0.05, 0) is 25.0 Å². The first-order chi connectivity index (χ1) is 7.72. The van der Waals surface area contributed by atoms with Crippen LogP contribution >= 0.6 is 0 Å². The summed E-state index contributed by atoms with van der Waals surface area (Å²) in [6, 6.07) is 3.51.